The topological polar surface area (TPSA) is 100 Å². The summed E-state index contributed by atoms with van der Waals surface area (Å²) in [7, 11) is 0. The monoisotopic (exact) mass is 503 g/mol. The van der Waals surface area contributed by atoms with Crippen molar-refractivity contribution >= 4 is 17.6 Å². The maximum atomic E-state index is 14.2. The smallest absolute Gasteiger partial charge is 0.246 e. The molecule has 0 unspecified atom stereocenters. The van der Waals surface area contributed by atoms with Gasteiger partial charge in [0, 0.05) is 25.3 Å². The normalized spacial score (nSPS) is 24.2. The van der Waals surface area contributed by atoms with Crippen molar-refractivity contribution in [1.82, 2.24) is 20.5 Å². The lowest BCUT2D eigenvalue weighted by Gasteiger charge is -2.39. The molecular formula is C30H41N5O2. The minimum atomic E-state index is -0.705. The number of hydrogen-bond donors (Lipinski definition) is 3. The Morgan fingerprint density at radius 1 is 1.05 bits per heavy atom. The highest BCUT2D eigenvalue weighted by atomic mass is 16.2. The summed E-state index contributed by atoms with van der Waals surface area (Å²) in [6, 6.07) is 13.7. The van der Waals surface area contributed by atoms with Gasteiger partial charge in [-0.25, -0.2) is 4.98 Å². The Balaban J connectivity index is 1.31. The van der Waals surface area contributed by atoms with E-state index in [9.17, 15) is 9.59 Å². The lowest BCUT2D eigenvalue weighted by atomic mass is 9.84. The van der Waals surface area contributed by atoms with E-state index in [1.165, 1.54) is 37.7 Å². The zero-order chi connectivity index (χ0) is 25.8. The predicted octanol–water partition coefficient (Wildman–Crippen LogP) is 4.10. The van der Waals surface area contributed by atoms with Gasteiger partial charge in [-0.05, 0) is 61.6 Å². The van der Waals surface area contributed by atoms with E-state index in [0.29, 0.717) is 31.4 Å². The van der Waals surface area contributed by atoms with Crippen LogP contribution < -0.4 is 16.4 Å². The van der Waals surface area contributed by atoms with Gasteiger partial charge in [-0.3, -0.25) is 9.59 Å². The standard InChI is InChI=1S/C30H41N5O2/c1-21-24(14-15-27(31)34-21)20-33-29(37)30-18-25(30)13-8-16-35(30)28(36)26(17-22-9-4-2-5-10-22)32-19-23-11-6-3-7-12-23/h3,6-7,11-12,14-15,22,25-26,32H,2,4-5,8-10,13,16-20H2,1H3,(H2,31,34)(H,33,37)/t25-,26-,30+/m1/s1. The molecule has 7 heteroatoms. The van der Waals surface area contributed by atoms with E-state index in [1.807, 2.05) is 36.1 Å². The van der Waals surface area contributed by atoms with E-state index in [0.717, 1.165) is 36.9 Å². The average Bonchev–Trinajstić information content (AvgIpc) is 3.67. The molecule has 2 aliphatic carbocycles. The molecule has 3 aliphatic rings. The zero-order valence-electron chi connectivity index (χ0n) is 22.0. The summed E-state index contributed by atoms with van der Waals surface area (Å²) in [5, 5.41) is 6.74. The molecular weight excluding hydrogens is 462 g/mol. The highest BCUT2D eigenvalue weighted by Crippen LogP contribution is 2.54. The van der Waals surface area contributed by atoms with Gasteiger partial charge in [0.15, 0.2) is 0 Å². The Bertz CT molecular complexity index is 1100. The van der Waals surface area contributed by atoms with E-state index < -0.39 is 5.54 Å². The largest absolute Gasteiger partial charge is 0.384 e. The van der Waals surface area contributed by atoms with Crippen molar-refractivity contribution in [2.45, 2.75) is 89.4 Å². The third kappa shape index (κ3) is 5.66. The second-order valence-electron chi connectivity index (χ2n) is 11.3. The summed E-state index contributed by atoms with van der Waals surface area (Å²) in [6.45, 7) is 3.61. The van der Waals surface area contributed by atoms with Crippen LogP contribution in [0.15, 0.2) is 42.5 Å². The third-order valence-electron chi connectivity index (χ3n) is 8.79. The quantitative estimate of drug-likeness (QED) is 0.478. The number of nitrogens with one attached hydrogen (secondary N) is 2. The fourth-order valence-corrected chi connectivity index (χ4v) is 6.57. The Labute approximate surface area is 220 Å². The number of pyridine rings is 1. The molecule has 2 heterocycles. The summed E-state index contributed by atoms with van der Waals surface area (Å²) in [5.41, 5.74) is 8.02. The minimum absolute atomic E-state index is 0.0266. The number of fused-ring (bicyclic) bond motifs is 1. The molecule has 2 aromatic rings. The highest BCUT2D eigenvalue weighted by Gasteiger charge is 2.66. The van der Waals surface area contributed by atoms with Crippen LogP contribution in [0, 0.1) is 18.8 Å². The van der Waals surface area contributed by atoms with Crippen LogP contribution >= 0.6 is 0 Å². The molecule has 1 aromatic heterocycles. The fraction of sp³-hybridized carbons (Fsp3) is 0.567. The molecule has 5 rings (SSSR count). The first-order valence-electron chi connectivity index (χ1n) is 14.1. The van der Waals surface area contributed by atoms with Gasteiger partial charge in [-0.1, -0.05) is 68.5 Å². The molecule has 0 bridgehead atoms. The molecule has 3 atom stereocenters. The van der Waals surface area contributed by atoms with Crippen molar-refractivity contribution in [3.8, 4) is 0 Å². The Morgan fingerprint density at radius 2 is 1.84 bits per heavy atom. The molecule has 7 nitrogen and oxygen atoms in total. The maximum absolute atomic E-state index is 14.2. The Kier molecular flexibility index (Phi) is 7.79. The molecule has 2 saturated carbocycles. The van der Waals surface area contributed by atoms with Crippen LogP contribution in [0.2, 0.25) is 0 Å². The molecule has 1 aromatic carbocycles. The first-order valence-corrected chi connectivity index (χ1v) is 14.1. The highest BCUT2D eigenvalue weighted by molar-refractivity contribution is 5.96. The number of nitrogens with two attached hydrogens (primary N) is 1. The maximum Gasteiger partial charge on any atom is 0.246 e. The van der Waals surface area contributed by atoms with E-state index in [2.05, 4.69) is 27.8 Å². The molecule has 1 saturated heterocycles. The number of carbonyl (C=O) groups is 2. The number of benzene rings is 1. The third-order valence-corrected chi connectivity index (χ3v) is 8.79. The van der Waals surface area contributed by atoms with Crippen molar-refractivity contribution in [2.75, 3.05) is 12.3 Å². The fourth-order valence-electron chi connectivity index (χ4n) is 6.57. The van der Waals surface area contributed by atoms with Crippen LogP contribution in [-0.4, -0.2) is 39.8 Å². The van der Waals surface area contributed by atoms with Crippen molar-refractivity contribution in [1.29, 1.82) is 0 Å². The van der Waals surface area contributed by atoms with Crippen LogP contribution in [0.1, 0.15) is 74.6 Å². The number of rotatable bonds is 9. The number of nitrogens with zero attached hydrogens (tertiary/aromatic N) is 2. The number of carbonyl (C=O) groups excluding carboxylic acids is 2. The van der Waals surface area contributed by atoms with Gasteiger partial charge >= 0.3 is 0 Å². The van der Waals surface area contributed by atoms with Gasteiger partial charge in [0.2, 0.25) is 11.8 Å². The molecule has 0 spiro atoms. The Morgan fingerprint density at radius 3 is 2.59 bits per heavy atom. The van der Waals surface area contributed by atoms with E-state index >= 15 is 0 Å². The lowest BCUT2D eigenvalue weighted by Crippen LogP contribution is -2.59. The van der Waals surface area contributed by atoms with Crippen molar-refractivity contribution < 1.29 is 9.59 Å². The number of hydrogen-bond acceptors (Lipinski definition) is 5. The summed E-state index contributed by atoms with van der Waals surface area (Å²) >= 11 is 0. The number of aryl methyl sites for hydroxylation is 1. The van der Waals surface area contributed by atoms with Crippen LogP contribution in [0.5, 0.6) is 0 Å². The summed E-state index contributed by atoms with van der Waals surface area (Å²) in [6.07, 6.45) is 9.77. The predicted molar refractivity (Wildman–Crippen MR) is 145 cm³/mol. The van der Waals surface area contributed by atoms with Gasteiger partial charge in [0.25, 0.3) is 0 Å². The second kappa shape index (κ2) is 11.2. The number of anilines is 1. The van der Waals surface area contributed by atoms with Crippen molar-refractivity contribution in [3.05, 3.63) is 59.3 Å². The zero-order valence-corrected chi connectivity index (χ0v) is 22.0. The summed E-state index contributed by atoms with van der Waals surface area (Å²) in [5.74, 6) is 1.37. The number of nitrogen functional groups attached to an aromatic ring is 1. The van der Waals surface area contributed by atoms with Gasteiger partial charge in [0.05, 0.1) is 6.04 Å². The average molecular weight is 504 g/mol. The first-order chi connectivity index (χ1) is 18.0. The van der Waals surface area contributed by atoms with Crippen molar-refractivity contribution in [2.24, 2.45) is 11.8 Å². The van der Waals surface area contributed by atoms with Crippen LogP contribution in [-0.2, 0) is 22.7 Å². The molecule has 37 heavy (non-hydrogen) atoms. The number of piperidine rings is 1. The van der Waals surface area contributed by atoms with E-state index in [4.69, 9.17) is 5.73 Å². The van der Waals surface area contributed by atoms with Gasteiger partial charge < -0.3 is 21.3 Å². The van der Waals surface area contributed by atoms with Gasteiger partial charge in [-0.15, -0.1) is 0 Å². The first kappa shape index (κ1) is 25.7. The van der Waals surface area contributed by atoms with Gasteiger partial charge in [0.1, 0.15) is 11.4 Å². The molecule has 2 amide bonds. The van der Waals surface area contributed by atoms with Crippen LogP contribution in [0.3, 0.4) is 0 Å². The van der Waals surface area contributed by atoms with E-state index in [1.54, 1.807) is 6.07 Å². The lowest BCUT2D eigenvalue weighted by molar-refractivity contribution is -0.146. The van der Waals surface area contributed by atoms with Crippen LogP contribution in [0.4, 0.5) is 5.82 Å². The summed E-state index contributed by atoms with van der Waals surface area (Å²) < 4.78 is 0. The number of likely N-dealkylation sites (tertiary alicyclic amines) is 1. The molecule has 4 N–H and O–H groups in total. The summed E-state index contributed by atoms with van der Waals surface area (Å²) in [4.78, 5) is 34.1. The molecule has 1 aliphatic heterocycles. The SMILES string of the molecule is Cc1nc(N)ccc1CNC(=O)[C@]12C[C@H]1CCCN2C(=O)[C@@H](CC1CCCCC1)NCc1ccccc1. The molecule has 198 valence electrons. The van der Waals surface area contributed by atoms with E-state index in [-0.39, 0.29) is 23.8 Å². The number of amides is 2. The second-order valence-corrected chi connectivity index (χ2v) is 11.3. The number of aromatic nitrogens is 1. The van der Waals surface area contributed by atoms with Gasteiger partial charge in [-0.2, -0.15) is 0 Å². The minimum Gasteiger partial charge on any atom is -0.384 e. The molecule has 3 fully saturated rings. The Hall–Kier alpha value is -2.93. The van der Waals surface area contributed by atoms with Crippen LogP contribution in [0.25, 0.3) is 0 Å². The molecule has 0 radical (unpaired) electrons. The van der Waals surface area contributed by atoms with Crippen molar-refractivity contribution in [3.63, 3.8) is 0 Å².